The number of rotatable bonds is 5. The molecule has 2 rings (SSSR count). The van der Waals surface area contributed by atoms with Crippen molar-refractivity contribution in [2.75, 3.05) is 13.7 Å². The lowest BCUT2D eigenvalue weighted by molar-refractivity contribution is -0.0504. The van der Waals surface area contributed by atoms with Crippen LogP contribution >= 0.6 is 0 Å². The van der Waals surface area contributed by atoms with Gasteiger partial charge >= 0.3 is 5.97 Å². The van der Waals surface area contributed by atoms with Gasteiger partial charge < -0.3 is 9.47 Å². The molecule has 0 radical (unpaired) electrons. The van der Waals surface area contributed by atoms with Crippen molar-refractivity contribution < 1.29 is 14.3 Å². The standard InChI is InChI=1S/C17H18O3/c1-17(13-19-2,15-11-7-4-8-12-15)20-16(18)14-9-5-3-6-10-14/h3-12H,13H2,1-2H3. The number of benzene rings is 2. The van der Waals surface area contributed by atoms with Gasteiger partial charge in [0.2, 0.25) is 0 Å². The van der Waals surface area contributed by atoms with Crippen LogP contribution in [0.1, 0.15) is 22.8 Å². The van der Waals surface area contributed by atoms with Gasteiger partial charge in [-0.05, 0) is 24.6 Å². The molecule has 0 heterocycles. The lowest BCUT2D eigenvalue weighted by Gasteiger charge is -2.29. The normalized spacial score (nSPS) is 13.5. The molecule has 1 unspecified atom stereocenters. The molecule has 2 aromatic rings. The molecule has 0 aliphatic heterocycles. The van der Waals surface area contributed by atoms with Crippen LogP contribution in [-0.4, -0.2) is 19.7 Å². The Balaban J connectivity index is 2.24. The summed E-state index contributed by atoms with van der Waals surface area (Å²) in [5.41, 5.74) is 0.639. The molecule has 104 valence electrons. The highest BCUT2D eigenvalue weighted by molar-refractivity contribution is 5.89. The molecule has 2 aromatic carbocycles. The fraction of sp³-hybridized carbons (Fsp3) is 0.235. The summed E-state index contributed by atoms with van der Waals surface area (Å²) >= 11 is 0. The Morgan fingerprint density at radius 3 is 2.10 bits per heavy atom. The van der Waals surface area contributed by atoms with E-state index in [1.807, 2.05) is 55.5 Å². The van der Waals surface area contributed by atoms with Crippen LogP contribution < -0.4 is 0 Å². The zero-order valence-electron chi connectivity index (χ0n) is 11.7. The summed E-state index contributed by atoms with van der Waals surface area (Å²) in [6.45, 7) is 2.16. The van der Waals surface area contributed by atoms with E-state index in [1.54, 1.807) is 19.2 Å². The summed E-state index contributed by atoms with van der Waals surface area (Å²) in [5.74, 6) is -0.353. The van der Waals surface area contributed by atoms with Gasteiger partial charge in [-0.1, -0.05) is 48.5 Å². The van der Waals surface area contributed by atoms with Gasteiger partial charge in [0.1, 0.15) is 0 Å². The molecular formula is C17H18O3. The number of carbonyl (C=O) groups excluding carboxylic acids is 1. The Morgan fingerprint density at radius 2 is 1.55 bits per heavy atom. The number of ether oxygens (including phenoxy) is 2. The van der Waals surface area contributed by atoms with Crippen LogP contribution in [0.2, 0.25) is 0 Å². The summed E-state index contributed by atoms with van der Waals surface area (Å²) in [5, 5.41) is 0. The van der Waals surface area contributed by atoms with E-state index in [4.69, 9.17) is 9.47 Å². The molecule has 0 N–H and O–H groups in total. The van der Waals surface area contributed by atoms with Gasteiger partial charge in [-0.2, -0.15) is 0 Å². The number of hydrogen-bond acceptors (Lipinski definition) is 3. The highest BCUT2D eigenvalue weighted by Crippen LogP contribution is 2.27. The second-order valence-corrected chi connectivity index (χ2v) is 4.79. The fourth-order valence-electron chi connectivity index (χ4n) is 2.08. The van der Waals surface area contributed by atoms with Gasteiger partial charge in [-0.3, -0.25) is 0 Å². The van der Waals surface area contributed by atoms with Crippen LogP contribution in [0.4, 0.5) is 0 Å². The summed E-state index contributed by atoms with van der Waals surface area (Å²) in [7, 11) is 1.59. The number of carbonyl (C=O) groups is 1. The molecule has 20 heavy (non-hydrogen) atoms. The molecule has 1 atom stereocenters. The average Bonchev–Trinajstić information content (AvgIpc) is 2.49. The first-order valence-electron chi connectivity index (χ1n) is 6.48. The van der Waals surface area contributed by atoms with Crippen LogP contribution in [0.3, 0.4) is 0 Å². The van der Waals surface area contributed by atoms with E-state index >= 15 is 0 Å². The number of methoxy groups -OCH3 is 1. The maximum atomic E-state index is 12.2. The van der Waals surface area contributed by atoms with Gasteiger partial charge in [0.05, 0.1) is 12.2 Å². The van der Waals surface area contributed by atoms with Crippen LogP contribution in [-0.2, 0) is 15.1 Å². The largest absolute Gasteiger partial charge is 0.448 e. The molecule has 0 aliphatic carbocycles. The Hall–Kier alpha value is -2.13. The van der Waals surface area contributed by atoms with Crippen molar-refractivity contribution in [1.82, 2.24) is 0 Å². The predicted octanol–water partition coefficient (Wildman–Crippen LogP) is 3.41. The van der Waals surface area contributed by atoms with Crippen molar-refractivity contribution in [1.29, 1.82) is 0 Å². The highest BCUT2D eigenvalue weighted by Gasteiger charge is 2.31. The Kier molecular flexibility index (Phi) is 4.53. The summed E-state index contributed by atoms with van der Waals surface area (Å²) < 4.78 is 10.9. The zero-order chi connectivity index (χ0) is 14.4. The quantitative estimate of drug-likeness (QED) is 0.781. The van der Waals surface area contributed by atoms with Crippen molar-refractivity contribution in [2.45, 2.75) is 12.5 Å². The lowest BCUT2D eigenvalue weighted by Crippen LogP contribution is -2.34. The van der Waals surface area contributed by atoms with Gasteiger partial charge in [-0.15, -0.1) is 0 Å². The van der Waals surface area contributed by atoms with Crippen LogP contribution in [0.5, 0.6) is 0 Å². The Morgan fingerprint density at radius 1 is 1.00 bits per heavy atom. The minimum absolute atomic E-state index is 0.301. The van der Waals surface area contributed by atoms with Gasteiger partial charge in [0, 0.05) is 7.11 Å². The van der Waals surface area contributed by atoms with Crippen LogP contribution in [0, 0.1) is 0 Å². The number of esters is 1. The molecule has 0 saturated carbocycles. The second kappa shape index (κ2) is 6.35. The Labute approximate surface area is 119 Å². The highest BCUT2D eigenvalue weighted by atomic mass is 16.6. The van der Waals surface area contributed by atoms with Gasteiger partial charge in [0.15, 0.2) is 5.60 Å². The van der Waals surface area contributed by atoms with E-state index < -0.39 is 5.60 Å². The third kappa shape index (κ3) is 3.25. The molecule has 3 heteroatoms. The topological polar surface area (TPSA) is 35.5 Å². The fourth-order valence-corrected chi connectivity index (χ4v) is 2.08. The number of hydrogen-bond donors (Lipinski definition) is 0. The molecule has 0 spiro atoms. The second-order valence-electron chi connectivity index (χ2n) is 4.79. The molecule has 0 saturated heterocycles. The van der Waals surface area contributed by atoms with Crippen molar-refractivity contribution in [2.24, 2.45) is 0 Å². The van der Waals surface area contributed by atoms with Gasteiger partial charge in [0.25, 0.3) is 0 Å². The van der Waals surface area contributed by atoms with E-state index in [9.17, 15) is 4.79 Å². The third-order valence-electron chi connectivity index (χ3n) is 3.13. The molecule has 0 aliphatic rings. The zero-order valence-corrected chi connectivity index (χ0v) is 11.7. The molecule has 0 fully saturated rings. The SMILES string of the molecule is COCC(C)(OC(=O)c1ccccc1)c1ccccc1. The lowest BCUT2D eigenvalue weighted by atomic mass is 9.96. The minimum atomic E-state index is -0.803. The Bertz CT molecular complexity index is 551. The van der Waals surface area contributed by atoms with Crippen LogP contribution in [0.15, 0.2) is 60.7 Å². The first-order valence-corrected chi connectivity index (χ1v) is 6.48. The minimum Gasteiger partial charge on any atom is -0.448 e. The van der Waals surface area contributed by atoms with Crippen molar-refractivity contribution in [3.63, 3.8) is 0 Å². The van der Waals surface area contributed by atoms with Crippen molar-refractivity contribution in [3.05, 3.63) is 71.8 Å². The molecule has 3 nitrogen and oxygen atoms in total. The first kappa shape index (κ1) is 14.3. The van der Waals surface area contributed by atoms with E-state index in [0.29, 0.717) is 12.2 Å². The summed E-state index contributed by atoms with van der Waals surface area (Å²) in [6, 6.07) is 18.6. The predicted molar refractivity (Wildman–Crippen MR) is 77.5 cm³/mol. The summed E-state index contributed by atoms with van der Waals surface area (Å²) in [6.07, 6.45) is 0. The molecule has 0 aromatic heterocycles. The van der Waals surface area contributed by atoms with Crippen molar-refractivity contribution >= 4 is 5.97 Å². The van der Waals surface area contributed by atoms with Crippen molar-refractivity contribution in [3.8, 4) is 0 Å². The van der Waals surface area contributed by atoms with E-state index in [2.05, 4.69) is 0 Å². The third-order valence-corrected chi connectivity index (χ3v) is 3.13. The molecule has 0 amide bonds. The van der Waals surface area contributed by atoms with E-state index in [0.717, 1.165) is 5.56 Å². The monoisotopic (exact) mass is 270 g/mol. The smallest absolute Gasteiger partial charge is 0.339 e. The van der Waals surface area contributed by atoms with Crippen LogP contribution in [0.25, 0.3) is 0 Å². The van der Waals surface area contributed by atoms with E-state index in [-0.39, 0.29) is 5.97 Å². The average molecular weight is 270 g/mol. The maximum absolute atomic E-state index is 12.2. The van der Waals surface area contributed by atoms with Gasteiger partial charge in [-0.25, -0.2) is 4.79 Å². The van der Waals surface area contributed by atoms with E-state index in [1.165, 1.54) is 0 Å². The summed E-state index contributed by atoms with van der Waals surface area (Å²) in [4.78, 5) is 12.2. The first-order chi connectivity index (χ1) is 9.65. The molecule has 0 bridgehead atoms. The molecular weight excluding hydrogens is 252 g/mol. The maximum Gasteiger partial charge on any atom is 0.339 e.